The maximum atomic E-state index is 9.77. The summed E-state index contributed by atoms with van der Waals surface area (Å²) in [5.74, 6) is 1.49. The number of rotatable bonds is 8. The van der Waals surface area contributed by atoms with Crippen molar-refractivity contribution < 1.29 is 19.7 Å². The van der Waals surface area contributed by atoms with Crippen molar-refractivity contribution in [1.29, 1.82) is 0 Å². The Morgan fingerprint density at radius 3 is 1.73 bits per heavy atom. The van der Waals surface area contributed by atoms with Gasteiger partial charge in [0.15, 0.2) is 0 Å². The van der Waals surface area contributed by atoms with E-state index in [9.17, 15) is 10.2 Å². The fourth-order valence-electron chi connectivity index (χ4n) is 4.05. The standard InChI is InChI=1S/2C11H22O2/c1-3-7-13-11-6-5-9(4-2)8-10(11)12;1-3-7-13-11-8-9(4-2)5-6-10(11)12/h2*9-12H,3-8H2,1-2H3. The van der Waals surface area contributed by atoms with Gasteiger partial charge in [0.05, 0.1) is 24.4 Å². The normalized spacial score (nSPS) is 34.8. The predicted octanol–water partition coefficient (Wildman–Crippen LogP) is 4.71. The average molecular weight is 373 g/mol. The molecule has 2 fully saturated rings. The molecule has 6 atom stereocenters. The molecule has 0 aromatic carbocycles. The Kier molecular flexibility index (Phi) is 12.8. The maximum absolute atomic E-state index is 9.77. The second kappa shape index (κ2) is 13.9. The molecule has 2 aliphatic rings. The van der Waals surface area contributed by atoms with E-state index in [1.54, 1.807) is 0 Å². The SMILES string of the molecule is CCCOC1CC(CC)CCC1O.CCCOC1CCC(CC)CC1O. The third-order valence-electron chi connectivity index (χ3n) is 5.96. The second-order valence-electron chi connectivity index (χ2n) is 8.13. The number of hydrogen-bond acceptors (Lipinski definition) is 4. The summed E-state index contributed by atoms with van der Waals surface area (Å²) >= 11 is 0. The molecule has 2 saturated carbocycles. The molecule has 0 aromatic heterocycles. The van der Waals surface area contributed by atoms with E-state index in [0.717, 1.165) is 63.6 Å². The summed E-state index contributed by atoms with van der Waals surface area (Å²) in [5.41, 5.74) is 0. The highest BCUT2D eigenvalue weighted by molar-refractivity contribution is 4.80. The summed E-state index contributed by atoms with van der Waals surface area (Å²) in [5, 5.41) is 19.5. The zero-order valence-electron chi connectivity index (χ0n) is 17.7. The highest BCUT2D eigenvalue weighted by atomic mass is 16.5. The molecule has 2 aliphatic carbocycles. The van der Waals surface area contributed by atoms with Gasteiger partial charge >= 0.3 is 0 Å². The molecular weight excluding hydrogens is 328 g/mol. The molecule has 0 spiro atoms. The van der Waals surface area contributed by atoms with Gasteiger partial charge in [-0.1, -0.05) is 40.5 Å². The molecule has 2 N–H and O–H groups in total. The minimum Gasteiger partial charge on any atom is -0.390 e. The highest BCUT2D eigenvalue weighted by Gasteiger charge is 2.29. The van der Waals surface area contributed by atoms with E-state index in [0.29, 0.717) is 0 Å². The van der Waals surface area contributed by atoms with Gasteiger partial charge < -0.3 is 19.7 Å². The minimum absolute atomic E-state index is 0.110. The van der Waals surface area contributed by atoms with Gasteiger partial charge in [0.1, 0.15) is 0 Å². The van der Waals surface area contributed by atoms with Crippen molar-refractivity contribution in [2.45, 2.75) is 116 Å². The largest absolute Gasteiger partial charge is 0.390 e. The number of aliphatic hydroxyl groups is 2. The summed E-state index contributed by atoms with van der Waals surface area (Å²) in [7, 11) is 0. The first kappa shape index (κ1) is 23.9. The summed E-state index contributed by atoms with van der Waals surface area (Å²) < 4.78 is 11.2. The third-order valence-corrected chi connectivity index (χ3v) is 5.96. The quantitative estimate of drug-likeness (QED) is 0.648. The first-order valence-corrected chi connectivity index (χ1v) is 11.1. The van der Waals surface area contributed by atoms with Crippen LogP contribution in [0.5, 0.6) is 0 Å². The van der Waals surface area contributed by atoms with Crippen molar-refractivity contribution in [3.05, 3.63) is 0 Å². The summed E-state index contributed by atoms with van der Waals surface area (Å²) in [6.07, 6.45) is 10.6. The Balaban J connectivity index is 0.000000260. The number of hydrogen-bond donors (Lipinski definition) is 2. The van der Waals surface area contributed by atoms with E-state index in [1.165, 1.54) is 25.7 Å². The molecule has 4 heteroatoms. The predicted molar refractivity (Wildman–Crippen MR) is 107 cm³/mol. The zero-order valence-corrected chi connectivity index (χ0v) is 17.7. The van der Waals surface area contributed by atoms with Crippen LogP contribution in [0.2, 0.25) is 0 Å². The molecule has 0 heterocycles. The van der Waals surface area contributed by atoms with Crippen molar-refractivity contribution >= 4 is 0 Å². The number of aliphatic hydroxyl groups excluding tert-OH is 2. The van der Waals surface area contributed by atoms with Gasteiger partial charge in [-0.05, 0) is 63.2 Å². The van der Waals surface area contributed by atoms with Gasteiger partial charge in [0, 0.05) is 13.2 Å². The van der Waals surface area contributed by atoms with E-state index < -0.39 is 0 Å². The molecule has 0 saturated heterocycles. The Labute approximate surface area is 161 Å². The smallest absolute Gasteiger partial charge is 0.0836 e. The molecule has 0 aliphatic heterocycles. The van der Waals surface area contributed by atoms with Crippen molar-refractivity contribution in [2.24, 2.45) is 11.8 Å². The van der Waals surface area contributed by atoms with Crippen LogP contribution < -0.4 is 0 Å². The van der Waals surface area contributed by atoms with E-state index >= 15 is 0 Å². The molecule has 0 aromatic rings. The van der Waals surface area contributed by atoms with Gasteiger partial charge in [-0.25, -0.2) is 0 Å². The van der Waals surface area contributed by atoms with Gasteiger partial charge in [0.25, 0.3) is 0 Å². The van der Waals surface area contributed by atoms with Crippen molar-refractivity contribution in [3.63, 3.8) is 0 Å². The summed E-state index contributed by atoms with van der Waals surface area (Å²) in [6, 6.07) is 0. The maximum Gasteiger partial charge on any atom is 0.0836 e. The van der Waals surface area contributed by atoms with Crippen LogP contribution in [0, 0.1) is 11.8 Å². The van der Waals surface area contributed by atoms with Gasteiger partial charge in [-0.15, -0.1) is 0 Å². The molecule has 0 radical (unpaired) electrons. The third kappa shape index (κ3) is 8.69. The van der Waals surface area contributed by atoms with Crippen LogP contribution in [0.15, 0.2) is 0 Å². The Hall–Kier alpha value is -0.160. The Morgan fingerprint density at radius 2 is 1.19 bits per heavy atom. The lowest BCUT2D eigenvalue weighted by Crippen LogP contribution is -2.36. The van der Waals surface area contributed by atoms with Crippen LogP contribution >= 0.6 is 0 Å². The van der Waals surface area contributed by atoms with Crippen LogP contribution in [-0.4, -0.2) is 47.8 Å². The first-order valence-electron chi connectivity index (χ1n) is 11.1. The van der Waals surface area contributed by atoms with Crippen LogP contribution in [-0.2, 0) is 9.47 Å². The van der Waals surface area contributed by atoms with Gasteiger partial charge in [0.2, 0.25) is 0 Å². The van der Waals surface area contributed by atoms with Crippen molar-refractivity contribution in [3.8, 4) is 0 Å². The molecule has 0 bridgehead atoms. The lowest BCUT2D eigenvalue weighted by molar-refractivity contribution is -0.0713. The fraction of sp³-hybridized carbons (Fsp3) is 1.00. The fourth-order valence-corrected chi connectivity index (χ4v) is 4.05. The molecule has 156 valence electrons. The molecule has 0 amide bonds. The van der Waals surface area contributed by atoms with Gasteiger partial charge in [-0.2, -0.15) is 0 Å². The first-order chi connectivity index (χ1) is 12.5. The van der Waals surface area contributed by atoms with Crippen molar-refractivity contribution in [1.82, 2.24) is 0 Å². The zero-order chi connectivity index (χ0) is 19.4. The topological polar surface area (TPSA) is 58.9 Å². The lowest BCUT2D eigenvalue weighted by atomic mass is 9.84. The summed E-state index contributed by atoms with van der Waals surface area (Å²) in [4.78, 5) is 0. The van der Waals surface area contributed by atoms with E-state index in [2.05, 4.69) is 27.7 Å². The van der Waals surface area contributed by atoms with E-state index in [4.69, 9.17) is 9.47 Å². The molecule has 26 heavy (non-hydrogen) atoms. The van der Waals surface area contributed by atoms with Crippen LogP contribution in [0.4, 0.5) is 0 Å². The highest BCUT2D eigenvalue weighted by Crippen LogP contribution is 2.29. The average Bonchev–Trinajstić information content (AvgIpc) is 2.67. The number of ether oxygens (including phenoxy) is 2. The molecule has 4 nitrogen and oxygen atoms in total. The van der Waals surface area contributed by atoms with Crippen molar-refractivity contribution in [2.75, 3.05) is 13.2 Å². The van der Waals surface area contributed by atoms with Crippen LogP contribution in [0.25, 0.3) is 0 Å². The molecule has 2 rings (SSSR count). The second-order valence-corrected chi connectivity index (χ2v) is 8.13. The molecular formula is C22H44O4. The lowest BCUT2D eigenvalue weighted by Gasteiger charge is -2.32. The van der Waals surface area contributed by atoms with Gasteiger partial charge in [-0.3, -0.25) is 0 Å². The Morgan fingerprint density at radius 1 is 0.654 bits per heavy atom. The monoisotopic (exact) mass is 372 g/mol. The van der Waals surface area contributed by atoms with E-state index in [1.807, 2.05) is 0 Å². The Bertz CT molecular complexity index is 336. The van der Waals surface area contributed by atoms with E-state index in [-0.39, 0.29) is 24.4 Å². The van der Waals surface area contributed by atoms with Crippen LogP contribution in [0.3, 0.4) is 0 Å². The summed E-state index contributed by atoms with van der Waals surface area (Å²) in [6.45, 7) is 10.2. The minimum atomic E-state index is -0.217. The molecule has 6 unspecified atom stereocenters. The van der Waals surface area contributed by atoms with Crippen LogP contribution in [0.1, 0.15) is 91.9 Å².